The smallest absolute Gasteiger partial charge is 0.263 e. The first-order valence-electron chi connectivity index (χ1n) is 9.59. The summed E-state index contributed by atoms with van der Waals surface area (Å²) in [6.07, 6.45) is -0.986. The van der Waals surface area contributed by atoms with E-state index in [2.05, 4.69) is 5.32 Å². The summed E-state index contributed by atoms with van der Waals surface area (Å²) in [4.78, 5) is 13.0. The van der Waals surface area contributed by atoms with Crippen LogP contribution in [0.1, 0.15) is 25.5 Å². The van der Waals surface area contributed by atoms with Gasteiger partial charge in [-0.3, -0.25) is 9.10 Å². The van der Waals surface area contributed by atoms with Crippen LogP contribution in [0.5, 0.6) is 17.2 Å². The van der Waals surface area contributed by atoms with Crippen molar-refractivity contribution in [3.05, 3.63) is 48.0 Å². The molecule has 8 nitrogen and oxygen atoms in total. The van der Waals surface area contributed by atoms with Gasteiger partial charge in [0.15, 0.2) is 6.10 Å². The van der Waals surface area contributed by atoms with Crippen molar-refractivity contribution >= 4 is 21.6 Å². The monoisotopic (exact) mass is 434 g/mol. The lowest BCUT2D eigenvalue weighted by Gasteiger charge is -2.35. The second-order valence-corrected chi connectivity index (χ2v) is 9.03. The Morgan fingerprint density at radius 2 is 1.97 bits per heavy atom. The number of amides is 1. The largest absolute Gasteiger partial charge is 0.497 e. The van der Waals surface area contributed by atoms with E-state index >= 15 is 0 Å². The standard InChI is InChI=1S/C21H26N2O6S/c1-5-30(25,26)23-13-20(29-19-9-7-6-8-17(19)23)21(24)22-14(2)16-12-15(27-3)10-11-18(16)28-4/h6-12,14,20H,5,13H2,1-4H3,(H,22,24). The molecule has 0 bridgehead atoms. The van der Waals surface area contributed by atoms with Crippen molar-refractivity contribution in [1.29, 1.82) is 0 Å². The molecule has 30 heavy (non-hydrogen) atoms. The van der Waals surface area contributed by atoms with Crippen LogP contribution in [0.15, 0.2) is 42.5 Å². The van der Waals surface area contributed by atoms with Crippen molar-refractivity contribution in [3.8, 4) is 17.2 Å². The van der Waals surface area contributed by atoms with Crippen LogP contribution in [0.3, 0.4) is 0 Å². The minimum absolute atomic E-state index is 0.0763. The zero-order valence-electron chi connectivity index (χ0n) is 17.4. The molecule has 1 aliphatic heterocycles. The third-order valence-corrected chi connectivity index (χ3v) is 6.74. The number of carbonyl (C=O) groups is 1. The highest BCUT2D eigenvalue weighted by atomic mass is 32.2. The molecule has 0 fully saturated rings. The molecule has 1 heterocycles. The molecule has 0 saturated carbocycles. The SMILES string of the molecule is CCS(=O)(=O)N1CC(C(=O)NC(C)c2cc(OC)ccc2OC)Oc2ccccc21. The van der Waals surface area contributed by atoms with Crippen molar-refractivity contribution < 1.29 is 27.4 Å². The number of nitrogens with one attached hydrogen (secondary N) is 1. The Morgan fingerprint density at radius 1 is 1.23 bits per heavy atom. The number of hydrogen-bond acceptors (Lipinski definition) is 6. The summed E-state index contributed by atoms with van der Waals surface area (Å²) in [5.74, 6) is 1.10. The molecule has 2 atom stereocenters. The van der Waals surface area contributed by atoms with Gasteiger partial charge in [-0.1, -0.05) is 12.1 Å². The van der Waals surface area contributed by atoms with E-state index in [1.54, 1.807) is 63.6 Å². The summed E-state index contributed by atoms with van der Waals surface area (Å²) in [7, 11) is -0.454. The van der Waals surface area contributed by atoms with E-state index in [9.17, 15) is 13.2 Å². The van der Waals surface area contributed by atoms with Gasteiger partial charge in [0.05, 0.1) is 38.2 Å². The van der Waals surface area contributed by atoms with Crippen molar-refractivity contribution in [2.45, 2.75) is 26.0 Å². The van der Waals surface area contributed by atoms with Crippen LogP contribution in [-0.4, -0.2) is 46.9 Å². The highest BCUT2D eigenvalue weighted by Crippen LogP contribution is 2.35. The fourth-order valence-electron chi connectivity index (χ4n) is 3.32. The number of methoxy groups -OCH3 is 2. The topological polar surface area (TPSA) is 94.2 Å². The number of nitrogens with zero attached hydrogens (tertiary/aromatic N) is 1. The molecule has 0 aliphatic carbocycles. The van der Waals surface area contributed by atoms with Gasteiger partial charge in [0.1, 0.15) is 17.2 Å². The predicted molar refractivity (Wildman–Crippen MR) is 114 cm³/mol. The Labute approximate surface area is 176 Å². The molecule has 162 valence electrons. The first-order chi connectivity index (χ1) is 14.3. The summed E-state index contributed by atoms with van der Waals surface area (Å²) in [5.41, 5.74) is 1.17. The minimum atomic E-state index is -3.56. The molecule has 1 amide bonds. The van der Waals surface area contributed by atoms with E-state index in [-0.39, 0.29) is 12.3 Å². The van der Waals surface area contributed by atoms with E-state index in [0.717, 1.165) is 5.56 Å². The zero-order valence-corrected chi connectivity index (χ0v) is 18.2. The van der Waals surface area contributed by atoms with Crippen LogP contribution in [-0.2, 0) is 14.8 Å². The quantitative estimate of drug-likeness (QED) is 0.720. The fourth-order valence-corrected chi connectivity index (χ4v) is 4.44. The van der Waals surface area contributed by atoms with Gasteiger partial charge in [-0.25, -0.2) is 8.42 Å². The highest BCUT2D eigenvalue weighted by Gasteiger charge is 2.36. The zero-order chi connectivity index (χ0) is 21.9. The number of carbonyl (C=O) groups excluding carboxylic acids is 1. The first kappa shape index (κ1) is 21.8. The Hall–Kier alpha value is -2.94. The normalized spacial score (nSPS) is 16.8. The molecular weight excluding hydrogens is 408 g/mol. The van der Waals surface area contributed by atoms with Gasteiger partial charge in [-0.05, 0) is 44.2 Å². The number of benzene rings is 2. The van der Waals surface area contributed by atoms with Gasteiger partial charge in [0.25, 0.3) is 5.91 Å². The maximum atomic E-state index is 13.0. The first-order valence-corrected chi connectivity index (χ1v) is 11.2. The molecular formula is C21H26N2O6S. The summed E-state index contributed by atoms with van der Waals surface area (Å²) >= 11 is 0. The number of anilines is 1. The predicted octanol–water partition coefficient (Wildman–Crippen LogP) is 2.50. The molecule has 0 radical (unpaired) electrons. The van der Waals surface area contributed by atoms with Gasteiger partial charge < -0.3 is 19.5 Å². The summed E-state index contributed by atoms with van der Waals surface area (Å²) in [6.45, 7) is 3.28. The van der Waals surface area contributed by atoms with Crippen LogP contribution in [0.2, 0.25) is 0 Å². The second-order valence-electron chi connectivity index (χ2n) is 6.84. The maximum Gasteiger partial charge on any atom is 0.263 e. The third kappa shape index (κ3) is 4.30. The van der Waals surface area contributed by atoms with Gasteiger partial charge in [-0.15, -0.1) is 0 Å². The number of ether oxygens (including phenoxy) is 3. The number of sulfonamides is 1. The molecule has 2 aromatic carbocycles. The Balaban J connectivity index is 1.84. The van der Waals surface area contributed by atoms with E-state index in [0.29, 0.717) is 22.9 Å². The number of hydrogen-bond donors (Lipinski definition) is 1. The van der Waals surface area contributed by atoms with Crippen molar-refractivity contribution in [2.24, 2.45) is 0 Å². The lowest BCUT2D eigenvalue weighted by Crippen LogP contribution is -2.51. The Bertz CT molecular complexity index is 1020. The van der Waals surface area contributed by atoms with Gasteiger partial charge >= 0.3 is 0 Å². The number of para-hydroxylation sites is 2. The molecule has 2 aromatic rings. The summed E-state index contributed by atoms with van der Waals surface area (Å²) in [5, 5.41) is 2.89. The second kappa shape index (κ2) is 8.83. The molecule has 1 aliphatic rings. The average molecular weight is 435 g/mol. The van der Waals surface area contributed by atoms with E-state index in [1.165, 1.54) is 4.31 Å². The minimum Gasteiger partial charge on any atom is -0.497 e. The highest BCUT2D eigenvalue weighted by molar-refractivity contribution is 7.92. The number of fused-ring (bicyclic) bond motifs is 1. The number of rotatable bonds is 7. The molecule has 0 aromatic heterocycles. The van der Waals surface area contributed by atoms with Crippen molar-refractivity contribution in [1.82, 2.24) is 5.32 Å². The fraction of sp³-hybridized carbons (Fsp3) is 0.381. The van der Waals surface area contributed by atoms with Crippen LogP contribution < -0.4 is 23.8 Å². The lowest BCUT2D eigenvalue weighted by molar-refractivity contribution is -0.128. The Kier molecular flexibility index (Phi) is 6.40. The van der Waals surface area contributed by atoms with E-state index < -0.39 is 28.1 Å². The third-order valence-electron chi connectivity index (χ3n) is 4.99. The van der Waals surface area contributed by atoms with Crippen LogP contribution in [0, 0.1) is 0 Å². The summed E-state index contributed by atoms with van der Waals surface area (Å²) < 4.78 is 42.9. The van der Waals surface area contributed by atoms with Crippen LogP contribution in [0.4, 0.5) is 5.69 Å². The average Bonchev–Trinajstić information content (AvgIpc) is 2.77. The van der Waals surface area contributed by atoms with Gasteiger partial charge in [-0.2, -0.15) is 0 Å². The van der Waals surface area contributed by atoms with Crippen LogP contribution in [0.25, 0.3) is 0 Å². The summed E-state index contributed by atoms with van der Waals surface area (Å²) in [6, 6.07) is 11.7. The lowest BCUT2D eigenvalue weighted by atomic mass is 10.1. The molecule has 3 rings (SSSR count). The van der Waals surface area contributed by atoms with Gasteiger partial charge in [0.2, 0.25) is 10.0 Å². The van der Waals surface area contributed by atoms with Gasteiger partial charge in [0, 0.05) is 5.56 Å². The molecule has 0 saturated heterocycles. The maximum absolute atomic E-state index is 13.0. The van der Waals surface area contributed by atoms with Crippen molar-refractivity contribution in [3.63, 3.8) is 0 Å². The molecule has 2 unspecified atom stereocenters. The molecule has 0 spiro atoms. The van der Waals surface area contributed by atoms with Crippen LogP contribution >= 0.6 is 0 Å². The molecule has 9 heteroatoms. The Morgan fingerprint density at radius 3 is 2.63 bits per heavy atom. The van der Waals surface area contributed by atoms with E-state index in [1.807, 2.05) is 6.92 Å². The van der Waals surface area contributed by atoms with Crippen molar-refractivity contribution in [2.75, 3.05) is 30.8 Å². The molecule has 1 N–H and O–H groups in total. The van der Waals surface area contributed by atoms with E-state index in [4.69, 9.17) is 14.2 Å².